The van der Waals surface area contributed by atoms with Crippen LogP contribution in [0, 0.1) is 0 Å². The summed E-state index contributed by atoms with van der Waals surface area (Å²) in [5, 5.41) is 0. The largest absolute Gasteiger partial charge is 0.380 e. The Morgan fingerprint density at radius 2 is 0.903 bits per heavy atom. The van der Waals surface area contributed by atoms with Crippen LogP contribution in [0.5, 0.6) is 0 Å². The van der Waals surface area contributed by atoms with E-state index in [0.29, 0.717) is 13.2 Å². The van der Waals surface area contributed by atoms with Crippen molar-refractivity contribution in [2.24, 2.45) is 10.7 Å². The first-order chi connectivity index (χ1) is 14.9. The van der Waals surface area contributed by atoms with Crippen LogP contribution in [0.4, 0.5) is 0 Å². The minimum absolute atomic E-state index is 0.639. The summed E-state index contributed by atoms with van der Waals surface area (Å²) in [4.78, 5) is 48.0. The number of hydrogen-bond donors (Lipinski definition) is 1. The van der Waals surface area contributed by atoms with E-state index < -0.39 is 0 Å². The Balaban J connectivity index is -0.0000000466. The summed E-state index contributed by atoms with van der Waals surface area (Å²) in [5.41, 5.74) is 5.14. The van der Waals surface area contributed by atoms with Crippen LogP contribution >= 0.6 is 0 Å². The quantitative estimate of drug-likeness (QED) is 0.319. The van der Waals surface area contributed by atoms with Crippen LogP contribution in [0.3, 0.4) is 0 Å². The Kier molecular flexibility index (Phi) is 138. The van der Waals surface area contributed by atoms with E-state index in [9.17, 15) is 0 Å². The SMILES string of the molecule is CC=NCCOCCC.CC=O.CC=O.CC=O.CC=O.CC=O.CCCOCCN. The highest BCUT2D eigenvalue weighted by molar-refractivity contribution is 5.53. The number of aliphatic imine (C=N–C) groups is 1. The number of rotatable bonds is 9. The Morgan fingerprint density at radius 3 is 1.13 bits per heavy atom. The molecule has 31 heavy (non-hydrogen) atoms. The van der Waals surface area contributed by atoms with Crippen LogP contribution in [0.15, 0.2) is 4.99 Å². The summed E-state index contributed by atoms with van der Waals surface area (Å²) >= 11 is 0. The molecule has 9 heteroatoms. The zero-order valence-electron chi connectivity index (χ0n) is 21.0. The fourth-order valence-electron chi connectivity index (χ4n) is 0.822. The molecule has 0 atom stereocenters. The number of aldehydes is 5. The molecular weight excluding hydrogens is 404 g/mol. The van der Waals surface area contributed by atoms with Gasteiger partial charge >= 0.3 is 0 Å². The molecule has 188 valence electrons. The lowest BCUT2D eigenvalue weighted by Crippen LogP contribution is -2.08. The molecule has 0 aliphatic rings. The first-order valence-corrected chi connectivity index (χ1v) is 10.2. The van der Waals surface area contributed by atoms with Crippen LogP contribution in [0.2, 0.25) is 0 Å². The molecule has 0 amide bonds. The van der Waals surface area contributed by atoms with Gasteiger partial charge in [-0.15, -0.1) is 0 Å². The smallest absolute Gasteiger partial charge is 0.116 e. The van der Waals surface area contributed by atoms with Crippen molar-refractivity contribution in [3.05, 3.63) is 0 Å². The van der Waals surface area contributed by atoms with Crippen LogP contribution in [-0.4, -0.2) is 77.2 Å². The Bertz CT molecular complexity index is 275. The van der Waals surface area contributed by atoms with Gasteiger partial charge in [0.25, 0.3) is 0 Å². The molecule has 0 aliphatic heterocycles. The standard InChI is InChI=1S/C7H15NO.C5H13NO.5C2H4O/c1-3-6-9-7-5-8-4-2;1-2-4-7-5-3-6;5*1-2-3/h4H,3,5-7H2,1-2H3;2-6H2,1H3;5*2H,1H3. The molecule has 0 unspecified atom stereocenters. The van der Waals surface area contributed by atoms with E-state index in [0.717, 1.165) is 70.6 Å². The summed E-state index contributed by atoms with van der Waals surface area (Å²) in [6.45, 7) is 17.9. The molecule has 0 radical (unpaired) electrons. The summed E-state index contributed by atoms with van der Waals surface area (Å²) in [7, 11) is 0. The van der Waals surface area contributed by atoms with Crippen molar-refractivity contribution in [1.29, 1.82) is 0 Å². The zero-order valence-corrected chi connectivity index (χ0v) is 21.0. The molecule has 2 N–H and O–H groups in total. The lowest BCUT2D eigenvalue weighted by molar-refractivity contribution is -0.106. The molecule has 9 nitrogen and oxygen atoms in total. The monoisotopic (exact) mass is 452 g/mol. The van der Waals surface area contributed by atoms with Crippen molar-refractivity contribution >= 4 is 37.6 Å². The molecule has 0 aromatic heterocycles. The highest BCUT2D eigenvalue weighted by atomic mass is 16.5. The molecule has 0 spiro atoms. The van der Waals surface area contributed by atoms with E-state index in [4.69, 9.17) is 39.2 Å². The van der Waals surface area contributed by atoms with Crippen molar-refractivity contribution < 1.29 is 33.4 Å². The van der Waals surface area contributed by atoms with Gasteiger partial charge in [0.15, 0.2) is 0 Å². The fraction of sp³-hybridized carbons (Fsp3) is 0.727. The lowest BCUT2D eigenvalue weighted by Gasteiger charge is -1.96. The van der Waals surface area contributed by atoms with Gasteiger partial charge in [-0.3, -0.25) is 4.99 Å². The molecule has 0 heterocycles. The second-order valence-electron chi connectivity index (χ2n) is 4.36. The van der Waals surface area contributed by atoms with Crippen molar-refractivity contribution in [2.45, 2.75) is 68.2 Å². The van der Waals surface area contributed by atoms with Gasteiger partial charge in [0.05, 0.1) is 19.8 Å². The number of nitrogens with zero attached hydrogens (tertiary/aromatic N) is 1. The average Bonchev–Trinajstić information content (AvgIpc) is 2.72. The maximum atomic E-state index is 8.81. The molecule has 0 saturated carbocycles. The molecule has 0 saturated heterocycles. The van der Waals surface area contributed by atoms with Crippen molar-refractivity contribution in [3.63, 3.8) is 0 Å². The molecule has 0 fully saturated rings. The summed E-state index contributed by atoms with van der Waals surface area (Å²) in [5.74, 6) is 0. The van der Waals surface area contributed by atoms with Crippen molar-refractivity contribution in [3.8, 4) is 0 Å². The van der Waals surface area contributed by atoms with E-state index in [1.54, 1.807) is 6.21 Å². The number of hydrogen-bond acceptors (Lipinski definition) is 9. The van der Waals surface area contributed by atoms with Gasteiger partial charge in [-0.05, 0) is 60.6 Å². The molecule has 0 rings (SSSR count). The Morgan fingerprint density at radius 1 is 0.613 bits per heavy atom. The van der Waals surface area contributed by atoms with Gasteiger partial charge in [0.2, 0.25) is 0 Å². The van der Waals surface area contributed by atoms with Gasteiger partial charge in [0, 0.05) is 19.8 Å². The maximum absolute atomic E-state index is 8.81. The molecule has 0 aromatic rings. The first-order valence-electron chi connectivity index (χ1n) is 10.2. The molecule has 0 aliphatic carbocycles. The number of carbonyl (C=O) groups excluding carboxylic acids is 5. The minimum Gasteiger partial charge on any atom is -0.380 e. The van der Waals surface area contributed by atoms with E-state index in [1.807, 2.05) is 6.92 Å². The van der Waals surface area contributed by atoms with Crippen LogP contribution in [-0.2, 0) is 33.4 Å². The third-order valence-corrected chi connectivity index (χ3v) is 1.51. The number of carbonyl (C=O) groups is 5. The molecular formula is C22H48N2O7. The van der Waals surface area contributed by atoms with E-state index in [2.05, 4.69) is 18.8 Å². The van der Waals surface area contributed by atoms with E-state index in [-0.39, 0.29) is 0 Å². The normalized spacial score (nSPS) is 7.39. The highest BCUT2D eigenvalue weighted by Gasteiger charge is 1.81. The topological polar surface area (TPSA) is 142 Å². The summed E-state index contributed by atoms with van der Waals surface area (Å²) in [6.07, 6.45) is 7.73. The third-order valence-electron chi connectivity index (χ3n) is 1.51. The van der Waals surface area contributed by atoms with Crippen LogP contribution in [0.25, 0.3) is 0 Å². The zero-order chi connectivity index (χ0) is 26.0. The molecule has 0 aromatic carbocycles. The van der Waals surface area contributed by atoms with E-state index >= 15 is 0 Å². The molecule has 0 bridgehead atoms. The maximum Gasteiger partial charge on any atom is 0.116 e. The predicted molar refractivity (Wildman–Crippen MR) is 129 cm³/mol. The number of nitrogens with two attached hydrogens (primary N) is 1. The second-order valence-corrected chi connectivity index (χ2v) is 4.36. The van der Waals surface area contributed by atoms with Gasteiger partial charge in [-0.1, -0.05) is 13.8 Å². The lowest BCUT2D eigenvalue weighted by atomic mass is 10.5. The third kappa shape index (κ3) is 300. The van der Waals surface area contributed by atoms with Crippen LogP contribution < -0.4 is 5.73 Å². The Hall–Kier alpha value is -2.10. The van der Waals surface area contributed by atoms with Gasteiger partial charge in [0.1, 0.15) is 31.4 Å². The Labute approximate surface area is 190 Å². The van der Waals surface area contributed by atoms with Gasteiger partial charge in [-0.2, -0.15) is 0 Å². The van der Waals surface area contributed by atoms with Gasteiger partial charge in [-0.25, -0.2) is 0 Å². The predicted octanol–water partition coefficient (Wildman–Crippen LogP) is 2.90. The highest BCUT2D eigenvalue weighted by Crippen LogP contribution is 1.79. The average molecular weight is 453 g/mol. The van der Waals surface area contributed by atoms with Crippen LogP contribution in [0.1, 0.15) is 68.2 Å². The van der Waals surface area contributed by atoms with Gasteiger partial charge < -0.3 is 39.2 Å². The summed E-state index contributed by atoms with van der Waals surface area (Å²) in [6, 6.07) is 0. The van der Waals surface area contributed by atoms with Crippen molar-refractivity contribution in [1.82, 2.24) is 0 Å². The van der Waals surface area contributed by atoms with E-state index in [1.165, 1.54) is 34.6 Å². The minimum atomic E-state index is 0.639. The summed E-state index contributed by atoms with van der Waals surface area (Å²) < 4.78 is 10.2. The fourth-order valence-corrected chi connectivity index (χ4v) is 0.822. The first kappa shape index (κ1) is 46.9. The van der Waals surface area contributed by atoms with Crippen molar-refractivity contribution in [2.75, 3.05) is 39.5 Å². The second kappa shape index (κ2) is 90.9. The number of ether oxygens (including phenoxy) is 2.